The number of hydrogen-bond donors (Lipinski definition) is 1. The zero-order valence-corrected chi connectivity index (χ0v) is 19.1. The lowest BCUT2D eigenvalue weighted by molar-refractivity contribution is -0.126. The molecule has 4 saturated heterocycles. The van der Waals surface area contributed by atoms with Crippen LogP contribution in [0.25, 0.3) is 0 Å². The van der Waals surface area contributed by atoms with Gasteiger partial charge in [0.25, 0.3) is 0 Å². The minimum absolute atomic E-state index is 0.0598. The Morgan fingerprint density at radius 1 is 1.16 bits per heavy atom. The zero-order chi connectivity index (χ0) is 22.3. The Morgan fingerprint density at radius 3 is 2.69 bits per heavy atom. The fourth-order valence-corrected chi connectivity index (χ4v) is 5.59. The van der Waals surface area contributed by atoms with E-state index in [0.29, 0.717) is 19.6 Å². The van der Waals surface area contributed by atoms with Crippen molar-refractivity contribution in [3.8, 4) is 5.75 Å². The van der Waals surface area contributed by atoms with Crippen molar-refractivity contribution in [2.75, 3.05) is 57.3 Å². The van der Waals surface area contributed by atoms with Gasteiger partial charge >= 0.3 is 6.03 Å². The second kappa shape index (κ2) is 8.46. The SMILES string of the molecule is CC(C)Oc1ccc(N2CC3(CCN(C(=O)N4CC[C@@H]5OCC(=O)NC[C@@H]5C4)C3)C2)cc1. The number of carbonyl (C=O) groups excluding carboxylic acids is 2. The fraction of sp³-hybridized carbons (Fsp3) is 0.667. The number of benzene rings is 1. The van der Waals surface area contributed by atoms with Gasteiger partial charge in [-0.2, -0.15) is 0 Å². The molecule has 0 aliphatic carbocycles. The number of amides is 3. The van der Waals surface area contributed by atoms with Crippen molar-refractivity contribution < 1.29 is 19.1 Å². The summed E-state index contributed by atoms with van der Waals surface area (Å²) < 4.78 is 11.5. The first-order valence-electron chi connectivity index (χ1n) is 11.8. The van der Waals surface area contributed by atoms with E-state index in [9.17, 15) is 9.59 Å². The lowest BCUT2D eigenvalue weighted by atomic mass is 9.79. The monoisotopic (exact) mass is 442 g/mol. The Morgan fingerprint density at radius 2 is 1.94 bits per heavy atom. The number of likely N-dealkylation sites (tertiary alicyclic amines) is 2. The smallest absolute Gasteiger partial charge is 0.320 e. The Labute approximate surface area is 189 Å². The predicted molar refractivity (Wildman–Crippen MR) is 121 cm³/mol. The van der Waals surface area contributed by atoms with Crippen molar-refractivity contribution in [2.24, 2.45) is 11.3 Å². The molecule has 1 N–H and O–H groups in total. The molecule has 8 heteroatoms. The number of urea groups is 1. The van der Waals surface area contributed by atoms with E-state index in [-0.39, 0.29) is 42.1 Å². The van der Waals surface area contributed by atoms with Gasteiger partial charge in [0.05, 0.1) is 12.2 Å². The van der Waals surface area contributed by atoms with Crippen molar-refractivity contribution in [1.82, 2.24) is 15.1 Å². The maximum Gasteiger partial charge on any atom is 0.320 e. The molecule has 0 radical (unpaired) electrons. The highest BCUT2D eigenvalue weighted by molar-refractivity contribution is 5.77. The molecule has 4 fully saturated rings. The summed E-state index contributed by atoms with van der Waals surface area (Å²) in [6.07, 6.45) is 2.10. The number of fused-ring (bicyclic) bond motifs is 1. The Hall–Kier alpha value is -2.48. The molecule has 4 heterocycles. The first-order chi connectivity index (χ1) is 15.4. The quantitative estimate of drug-likeness (QED) is 0.775. The minimum Gasteiger partial charge on any atom is -0.491 e. The molecule has 1 aromatic carbocycles. The Bertz CT molecular complexity index is 852. The van der Waals surface area contributed by atoms with E-state index in [1.165, 1.54) is 5.69 Å². The zero-order valence-electron chi connectivity index (χ0n) is 19.1. The molecule has 174 valence electrons. The molecule has 0 saturated carbocycles. The van der Waals surface area contributed by atoms with E-state index in [1.54, 1.807) is 0 Å². The molecule has 4 aliphatic rings. The maximum absolute atomic E-state index is 13.2. The van der Waals surface area contributed by atoms with Crippen LogP contribution in [0.3, 0.4) is 0 Å². The number of anilines is 1. The number of nitrogens with zero attached hydrogens (tertiary/aromatic N) is 3. The number of carbonyl (C=O) groups is 2. The van der Waals surface area contributed by atoms with Gasteiger partial charge in [0.15, 0.2) is 0 Å². The van der Waals surface area contributed by atoms with Crippen LogP contribution in [-0.4, -0.2) is 86.4 Å². The summed E-state index contributed by atoms with van der Waals surface area (Å²) >= 11 is 0. The lowest BCUT2D eigenvalue weighted by Gasteiger charge is -2.49. The molecule has 0 unspecified atom stereocenters. The van der Waals surface area contributed by atoms with Gasteiger partial charge < -0.3 is 29.5 Å². The van der Waals surface area contributed by atoms with Gasteiger partial charge in [-0.1, -0.05) is 0 Å². The largest absolute Gasteiger partial charge is 0.491 e. The third kappa shape index (κ3) is 4.25. The molecule has 5 rings (SSSR count). The fourth-order valence-electron chi connectivity index (χ4n) is 5.59. The molecule has 1 spiro atoms. The summed E-state index contributed by atoms with van der Waals surface area (Å²) in [7, 11) is 0. The van der Waals surface area contributed by atoms with Crippen LogP contribution in [-0.2, 0) is 9.53 Å². The molecule has 3 amide bonds. The van der Waals surface area contributed by atoms with E-state index in [0.717, 1.165) is 44.8 Å². The summed E-state index contributed by atoms with van der Waals surface area (Å²) in [4.78, 5) is 31.2. The highest BCUT2D eigenvalue weighted by Crippen LogP contribution is 2.42. The summed E-state index contributed by atoms with van der Waals surface area (Å²) in [5, 5.41) is 2.91. The van der Waals surface area contributed by atoms with Crippen molar-refractivity contribution >= 4 is 17.6 Å². The lowest BCUT2D eigenvalue weighted by Crippen LogP contribution is -2.59. The first-order valence-corrected chi connectivity index (χ1v) is 11.8. The summed E-state index contributed by atoms with van der Waals surface area (Å²) in [5.74, 6) is 1.02. The molecule has 0 aromatic heterocycles. The number of nitrogens with one attached hydrogen (secondary N) is 1. The van der Waals surface area contributed by atoms with E-state index in [1.807, 2.05) is 35.8 Å². The van der Waals surface area contributed by atoms with Gasteiger partial charge in [0.1, 0.15) is 12.4 Å². The van der Waals surface area contributed by atoms with Crippen LogP contribution in [0.1, 0.15) is 26.7 Å². The van der Waals surface area contributed by atoms with Gasteiger partial charge in [-0.15, -0.1) is 0 Å². The van der Waals surface area contributed by atoms with Crippen LogP contribution >= 0.6 is 0 Å². The molecule has 2 atom stereocenters. The number of rotatable bonds is 3. The molecule has 1 aromatic rings. The van der Waals surface area contributed by atoms with E-state index in [2.05, 4.69) is 22.3 Å². The van der Waals surface area contributed by atoms with E-state index in [4.69, 9.17) is 9.47 Å². The van der Waals surface area contributed by atoms with Crippen LogP contribution in [0.2, 0.25) is 0 Å². The van der Waals surface area contributed by atoms with Gasteiger partial charge in [0.2, 0.25) is 5.91 Å². The highest BCUT2D eigenvalue weighted by atomic mass is 16.5. The Kier molecular flexibility index (Phi) is 5.65. The third-order valence-electron chi connectivity index (χ3n) is 7.26. The van der Waals surface area contributed by atoms with Crippen LogP contribution in [0.4, 0.5) is 10.5 Å². The normalized spacial score (nSPS) is 27.1. The molecular formula is C24H34N4O4. The second-order valence-corrected chi connectivity index (χ2v) is 10.1. The standard InChI is InChI=1S/C24H34N4O4/c1-17(2)32-20-5-3-19(4-6-20)28-15-24(16-28)8-10-27(14-24)23(30)26-9-7-21-18(12-26)11-25-22(29)13-31-21/h3-6,17-18,21H,7-16H2,1-2H3,(H,25,29)/t18-,21+/m1/s1. The van der Waals surface area contributed by atoms with Crippen molar-refractivity contribution in [2.45, 2.75) is 38.9 Å². The van der Waals surface area contributed by atoms with Crippen LogP contribution < -0.4 is 15.0 Å². The summed E-state index contributed by atoms with van der Waals surface area (Å²) in [6.45, 7) is 9.78. The van der Waals surface area contributed by atoms with Crippen LogP contribution in [0, 0.1) is 11.3 Å². The average molecular weight is 443 g/mol. The molecule has 4 aliphatic heterocycles. The van der Waals surface area contributed by atoms with Gasteiger partial charge in [-0.3, -0.25) is 4.79 Å². The first kappa shape index (κ1) is 21.4. The summed E-state index contributed by atoms with van der Waals surface area (Å²) in [6, 6.07) is 8.47. The van der Waals surface area contributed by atoms with Crippen molar-refractivity contribution in [1.29, 1.82) is 0 Å². The third-order valence-corrected chi connectivity index (χ3v) is 7.26. The van der Waals surface area contributed by atoms with Crippen molar-refractivity contribution in [3.05, 3.63) is 24.3 Å². The summed E-state index contributed by atoms with van der Waals surface area (Å²) in [5.41, 5.74) is 1.43. The molecule has 8 nitrogen and oxygen atoms in total. The van der Waals surface area contributed by atoms with Crippen molar-refractivity contribution in [3.63, 3.8) is 0 Å². The van der Waals surface area contributed by atoms with Crippen LogP contribution in [0.15, 0.2) is 24.3 Å². The van der Waals surface area contributed by atoms with E-state index < -0.39 is 0 Å². The van der Waals surface area contributed by atoms with Gasteiger partial charge in [-0.05, 0) is 51.0 Å². The number of hydrogen-bond acceptors (Lipinski definition) is 5. The number of ether oxygens (including phenoxy) is 2. The maximum atomic E-state index is 13.2. The van der Waals surface area contributed by atoms with E-state index >= 15 is 0 Å². The van der Waals surface area contributed by atoms with Crippen LogP contribution in [0.5, 0.6) is 5.75 Å². The van der Waals surface area contributed by atoms with Gasteiger partial charge in [-0.25, -0.2) is 4.79 Å². The predicted octanol–water partition coefficient (Wildman–Crippen LogP) is 1.94. The molecule has 0 bridgehead atoms. The molecular weight excluding hydrogens is 408 g/mol. The minimum atomic E-state index is -0.0598. The topological polar surface area (TPSA) is 74.3 Å². The van der Waals surface area contributed by atoms with Gasteiger partial charge in [0, 0.05) is 62.8 Å². The number of piperidine rings is 1. The Balaban J connectivity index is 1.13. The second-order valence-electron chi connectivity index (χ2n) is 10.1. The average Bonchev–Trinajstić information content (AvgIpc) is 3.12. The molecule has 32 heavy (non-hydrogen) atoms. The highest BCUT2D eigenvalue weighted by Gasteiger charge is 2.49.